The first kappa shape index (κ1) is 18.2. The van der Waals surface area contributed by atoms with E-state index in [-0.39, 0.29) is 30.8 Å². The second kappa shape index (κ2) is 8.63. The maximum atomic E-state index is 12.0. The minimum atomic E-state index is -0.344. The minimum absolute atomic E-state index is 0.0894. The van der Waals surface area contributed by atoms with E-state index in [1.807, 2.05) is 25.1 Å². The van der Waals surface area contributed by atoms with Crippen molar-refractivity contribution in [2.45, 2.75) is 6.92 Å². The summed E-state index contributed by atoms with van der Waals surface area (Å²) in [5, 5.41) is 5.27. The number of anilines is 1. The Kier molecular flexibility index (Phi) is 6.28. The number of likely N-dealkylation sites (N-methyl/N-ethyl adjacent to an activating group) is 1. The molecule has 0 radical (unpaired) electrons. The molecule has 0 unspecified atom stereocenters. The Morgan fingerprint density at radius 3 is 2.24 bits per heavy atom. The summed E-state index contributed by atoms with van der Waals surface area (Å²) >= 11 is 0. The number of hydrogen-bond acceptors (Lipinski definition) is 3. The van der Waals surface area contributed by atoms with Gasteiger partial charge in [-0.2, -0.15) is 0 Å². The number of aryl methyl sites for hydroxylation is 1. The van der Waals surface area contributed by atoms with Crippen molar-refractivity contribution in [2.24, 2.45) is 0 Å². The molecule has 0 spiro atoms. The largest absolute Gasteiger partial charge is 0.343 e. The van der Waals surface area contributed by atoms with Crippen LogP contribution < -0.4 is 10.6 Å². The van der Waals surface area contributed by atoms with Crippen molar-refractivity contribution < 1.29 is 14.4 Å². The fourth-order valence-electron chi connectivity index (χ4n) is 2.12. The molecule has 0 aliphatic carbocycles. The molecule has 0 aliphatic heterocycles. The minimum Gasteiger partial charge on any atom is -0.343 e. The van der Waals surface area contributed by atoms with Crippen molar-refractivity contribution in [2.75, 3.05) is 25.5 Å². The fraction of sp³-hybridized carbons (Fsp3) is 0.211. The highest BCUT2D eigenvalue weighted by Crippen LogP contribution is 2.08. The maximum absolute atomic E-state index is 12.0. The van der Waals surface area contributed by atoms with Crippen LogP contribution in [0.25, 0.3) is 0 Å². The first-order valence-electron chi connectivity index (χ1n) is 7.89. The predicted molar refractivity (Wildman–Crippen MR) is 96.2 cm³/mol. The van der Waals surface area contributed by atoms with E-state index in [0.717, 1.165) is 5.56 Å². The summed E-state index contributed by atoms with van der Waals surface area (Å²) in [4.78, 5) is 37.2. The lowest BCUT2D eigenvalue weighted by atomic mass is 10.2. The van der Waals surface area contributed by atoms with Gasteiger partial charge < -0.3 is 15.5 Å². The number of carbonyl (C=O) groups is 3. The maximum Gasteiger partial charge on any atom is 0.251 e. The van der Waals surface area contributed by atoms with Gasteiger partial charge in [-0.25, -0.2) is 0 Å². The molecule has 0 aromatic heterocycles. The highest BCUT2D eigenvalue weighted by Gasteiger charge is 2.14. The molecular formula is C19H21N3O3. The molecule has 0 bridgehead atoms. The van der Waals surface area contributed by atoms with Gasteiger partial charge in [0, 0.05) is 18.3 Å². The summed E-state index contributed by atoms with van der Waals surface area (Å²) in [7, 11) is 1.52. The van der Waals surface area contributed by atoms with Gasteiger partial charge in [0.2, 0.25) is 11.8 Å². The Hall–Kier alpha value is -3.15. The zero-order valence-electron chi connectivity index (χ0n) is 14.3. The molecule has 0 fully saturated rings. The third-order valence-corrected chi connectivity index (χ3v) is 3.58. The van der Waals surface area contributed by atoms with Crippen LogP contribution in [0, 0.1) is 6.92 Å². The quantitative estimate of drug-likeness (QED) is 0.843. The molecule has 2 aromatic rings. The highest BCUT2D eigenvalue weighted by molar-refractivity contribution is 5.97. The van der Waals surface area contributed by atoms with Crippen molar-refractivity contribution in [1.82, 2.24) is 10.2 Å². The number of benzene rings is 2. The van der Waals surface area contributed by atoms with E-state index in [2.05, 4.69) is 10.6 Å². The standard InChI is InChI=1S/C19H21N3O3/c1-14-8-10-16(11-9-14)21-17(23)13-22(2)18(24)12-20-19(25)15-6-4-3-5-7-15/h3-11H,12-13H2,1-2H3,(H,20,25)(H,21,23). The zero-order valence-corrected chi connectivity index (χ0v) is 14.3. The molecule has 0 heterocycles. The topological polar surface area (TPSA) is 78.5 Å². The average Bonchev–Trinajstić information content (AvgIpc) is 2.62. The van der Waals surface area contributed by atoms with E-state index in [1.165, 1.54) is 11.9 Å². The number of amides is 3. The molecule has 130 valence electrons. The SMILES string of the molecule is Cc1ccc(NC(=O)CN(C)C(=O)CNC(=O)c2ccccc2)cc1. The van der Waals surface area contributed by atoms with E-state index < -0.39 is 0 Å². The van der Waals surface area contributed by atoms with Crippen LogP contribution in [0.1, 0.15) is 15.9 Å². The van der Waals surface area contributed by atoms with E-state index in [0.29, 0.717) is 11.3 Å². The van der Waals surface area contributed by atoms with Crippen LogP contribution in [0.2, 0.25) is 0 Å². The Labute approximate surface area is 146 Å². The van der Waals surface area contributed by atoms with Gasteiger partial charge >= 0.3 is 0 Å². The molecule has 0 aliphatic rings. The number of nitrogens with zero attached hydrogens (tertiary/aromatic N) is 1. The second-order valence-corrected chi connectivity index (χ2v) is 5.71. The molecule has 3 amide bonds. The van der Waals surface area contributed by atoms with Gasteiger partial charge in [0.1, 0.15) is 0 Å². The van der Waals surface area contributed by atoms with Crippen LogP contribution in [-0.4, -0.2) is 42.8 Å². The first-order chi connectivity index (χ1) is 12.0. The lowest BCUT2D eigenvalue weighted by Gasteiger charge is -2.17. The van der Waals surface area contributed by atoms with Crippen molar-refractivity contribution in [1.29, 1.82) is 0 Å². The Bertz CT molecular complexity index is 742. The van der Waals surface area contributed by atoms with E-state index in [4.69, 9.17) is 0 Å². The summed E-state index contributed by atoms with van der Waals surface area (Å²) in [5.41, 5.74) is 2.25. The molecule has 0 saturated carbocycles. The molecule has 6 nitrogen and oxygen atoms in total. The number of hydrogen-bond donors (Lipinski definition) is 2. The normalized spacial score (nSPS) is 10.0. The number of carbonyl (C=O) groups excluding carboxylic acids is 3. The Balaban J connectivity index is 1.78. The molecule has 2 aromatic carbocycles. The number of nitrogens with one attached hydrogen (secondary N) is 2. The van der Waals surface area contributed by atoms with E-state index in [9.17, 15) is 14.4 Å². The summed E-state index contributed by atoms with van der Waals surface area (Å²) in [5.74, 6) is -0.969. The van der Waals surface area contributed by atoms with Gasteiger partial charge in [0.15, 0.2) is 0 Å². The number of rotatable bonds is 6. The van der Waals surface area contributed by atoms with Crippen LogP contribution in [0.5, 0.6) is 0 Å². The molecule has 6 heteroatoms. The van der Waals surface area contributed by atoms with Crippen molar-refractivity contribution in [3.8, 4) is 0 Å². The summed E-state index contributed by atoms with van der Waals surface area (Å²) < 4.78 is 0. The van der Waals surface area contributed by atoms with Crippen LogP contribution in [0.3, 0.4) is 0 Å². The van der Waals surface area contributed by atoms with E-state index in [1.54, 1.807) is 36.4 Å². The van der Waals surface area contributed by atoms with E-state index >= 15 is 0 Å². The monoisotopic (exact) mass is 339 g/mol. The summed E-state index contributed by atoms with van der Waals surface area (Å²) in [6, 6.07) is 16.0. The van der Waals surface area contributed by atoms with Crippen molar-refractivity contribution in [3.05, 3.63) is 65.7 Å². The van der Waals surface area contributed by atoms with Crippen LogP contribution >= 0.6 is 0 Å². The van der Waals surface area contributed by atoms with Crippen LogP contribution in [0.4, 0.5) is 5.69 Å². The Morgan fingerprint density at radius 2 is 1.60 bits per heavy atom. The zero-order chi connectivity index (χ0) is 18.2. The lowest BCUT2D eigenvalue weighted by molar-refractivity contribution is -0.132. The third kappa shape index (κ3) is 5.76. The smallest absolute Gasteiger partial charge is 0.251 e. The van der Waals surface area contributed by atoms with Gasteiger partial charge in [-0.3, -0.25) is 14.4 Å². The highest BCUT2D eigenvalue weighted by atomic mass is 16.2. The van der Waals surface area contributed by atoms with Gasteiger partial charge in [0.05, 0.1) is 13.1 Å². The first-order valence-corrected chi connectivity index (χ1v) is 7.89. The molecule has 2 rings (SSSR count). The fourth-order valence-corrected chi connectivity index (χ4v) is 2.12. The molecule has 0 saturated heterocycles. The van der Waals surface area contributed by atoms with Crippen molar-refractivity contribution >= 4 is 23.4 Å². The van der Waals surface area contributed by atoms with Crippen LogP contribution in [-0.2, 0) is 9.59 Å². The molecule has 0 atom stereocenters. The lowest BCUT2D eigenvalue weighted by Crippen LogP contribution is -2.41. The second-order valence-electron chi connectivity index (χ2n) is 5.71. The average molecular weight is 339 g/mol. The molecule has 25 heavy (non-hydrogen) atoms. The van der Waals surface area contributed by atoms with Gasteiger partial charge in [0.25, 0.3) is 5.91 Å². The van der Waals surface area contributed by atoms with Gasteiger partial charge in [-0.05, 0) is 31.2 Å². The summed E-state index contributed by atoms with van der Waals surface area (Å²) in [6.45, 7) is 1.71. The summed E-state index contributed by atoms with van der Waals surface area (Å²) in [6.07, 6.45) is 0. The molecule has 2 N–H and O–H groups in total. The van der Waals surface area contributed by atoms with Crippen LogP contribution in [0.15, 0.2) is 54.6 Å². The van der Waals surface area contributed by atoms with Gasteiger partial charge in [-0.15, -0.1) is 0 Å². The predicted octanol–water partition coefficient (Wildman–Crippen LogP) is 1.82. The van der Waals surface area contributed by atoms with Crippen molar-refractivity contribution in [3.63, 3.8) is 0 Å². The Morgan fingerprint density at radius 1 is 0.960 bits per heavy atom. The molecular weight excluding hydrogens is 318 g/mol. The van der Waals surface area contributed by atoms with Gasteiger partial charge in [-0.1, -0.05) is 35.9 Å². The third-order valence-electron chi connectivity index (χ3n) is 3.58.